The number of hydrogen-bond donors (Lipinski definition) is 3. The molecule has 0 radical (unpaired) electrons. The van der Waals surface area contributed by atoms with Crippen LogP contribution in [0.4, 0.5) is 13.2 Å². The molecular formula is C23H25F3N2O4S. The van der Waals surface area contributed by atoms with Crippen molar-refractivity contribution in [2.24, 2.45) is 5.92 Å². The number of benzene rings is 2. The second-order valence-corrected chi connectivity index (χ2v) is 8.48. The van der Waals surface area contributed by atoms with E-state index in [0.717, 1.165) is 0 Å². The van der Waals surface area contributed by atoms with Gasteiger partial charge in [-0.2, -0.15) is 13.2 Å². The summed E-state index contributed by atoms with van der Waals surface area (Å²) in [6, 6.07) is 11.7. The minimum atomic E-state index is -4.41. The number of rotatable bonds is 10. The molecule has 6 nitrogen and oxygen atoms in total. The van der Waals surface area contributed by atoms with E-state index >= 15 is 0 Å². The van der Waals surface area contributed by atoms with Crippen LogP contribution in [0.2, 0.25) is 0 Å². The normalized spacial score (nSPS) is 11.9. The van der Waals surface area contributed by atoms with Gasteiger partial charge in [-0.3, -0.25) is 9.59 Å². The van der Waals surface area contributed by atoms with Crippen LogP contribution in [0.5, 0.6) is 5.75 Å². The number of halogens is 3. The Morgan fingerprint density at radius 2 is 1.73 bits per heavy atom. The number of carbonyl (C=O) groups excluding carboxylic acids is 2. The fraction of sp³-hybridized carbons (Fsp3) is 0.304. The number of alkyl halides is 3. The molecule has 0 aromatic heterocycles. The van der Waals surface area contributed by atoms with E-state index in [0.29, 0.717) is 23.8 Å². The standard InChI is InChI=1S/C23H25F3N2O4S/c1-15(2)14-32-18-7-5-17(6-8-18)21(30)28-20(22(31)27-11-12-29)13-16-3-9-19(10-4-16)33-23(24,25)26/h3-10,13,15,29H,11-12,14H2,1-2H3,(H,27,31)(H,28,30)/b20-13+. The molecule has 3 N–H and O–H groups in total. The quantitative estimate of drug-likeness (QED) is 0.349. The predicted octanol–water partition coefficient (Wildman–Crippen LogP) is 4.21. The zero-order valence-corrected chi connectivity index (χ0v) is 18.9. The number of aliphatic hydroxyl groups is 1. The average Bonchev–Trinajstić information content (AvgIpc) is 2.76. The topological polar surface area (TPSA) is 87.7 Å². The Morgan fingerprint density at radius 1 is 1.09 bits per heavy atom. The molecule has 178 valence electrons. The van der Waals surface area contributed by atoms with Crippen LogP contribution in [-0.2, 0) is 4.79 Å². The van der Waals surface area contributed by atoms with Gasteiger partial charge in [0.25, 0.3) is 11.8 Å². The SMILES string of the molecule is CC(C)COc1ccc(C(=O)N/C(=C/c2ccc(SC(F)(F)F)cc2)C(=O)NCCO)cc1. The van der Waals surface area contributed by atoms with Crippen LogP contribution < -0.4 is 15.4 Å². The van der Waals surface area contributed by atoms with E-state index in [1.54, 1.807) is 24.3 Å². The molecule has 0 unspecified atom stereocenters. The molecule has 0 fully saturated rings. The summed E-state index contributed by atoms with van der Waals surface area (Å²) in [7, 11) is 0. The van der Waals surface area contributed by atoms with Crippen molar-refractivity contribution in [1.82, 2.24) is 10.6 Å². The van der Waals surface area contributed by atoms with Gasteiger partial charge in [0.1, 0.15) is 11.4 Å². The third-order valence-corrected chi connectivity index (χ3v) is 4.75. The highest BCUT2D eigenvalue weighted by Crippen LogP contribution is 2.36. The lowest BCUT2D eigenvalue weighted by Gasteiger charge is -2.12. The second kappa shape index (κ2) is 12.3. The maximum atomic E-state index is 12.7. The van der Waals surface area contributed by atoms with E-state index < -0.39 is 17.3 Å². The first-order chi connectivity index (χ1) is 15.6. The number of ether oxygens (including phenoxy) is 1. The molecule has 33 heavy (non-hydrogen) atoms. The zero-order chi connectivity index (χ0) is 24.4. The van der Waals surface area contributed by atoms with Crippen molar-refractivity contribution in [2.75, 3.05) is 19.8 Å². The molecule has 0 aliphatic carbocycles. The Bertz CT molecular complexity index is 959. The number of nitrogens with one attached hydrogen (secondary N) is 2. The molecule has 0 saturated carbocycles. The van der Waals surface area contributed by atoms with Crippen LogP contribution in [0.15, 0.2) is 59.1 Å². The molecule has 2 rings (SSSR count). The fourth-order valence-electron chi connectivity index (χ4n) is 2.52. The highest BCUT2D eigenvalue weighted by molar-refractivity contribution is 8.00. The minimum absolute atomic E-state index is 0.00487. The molecule has 2 amide bonds. The summed E-state index contributed by atoms with van der Waals surface area (Å²) >= 11 is -0.248. The van der Waals surface area contributed by atoms with E-state index in [1.165, 1.54) is 30.3 Å². The number of hydrogen-bond acceptors (Lipinski definition) is 5. The van der Waals surface area contributed by atoms with Gasteiger partial charge in [-0.05, 0) is 65.7 Å². The van der Waals surface area contributed by atoms with Crippen molar-refractivity contribution in [3.63, 3.8) is 0 Å². The maximum Gasteiger partial charge on any atom is 0.446 e. The van der Waals surface area contributed by atoms with E-state index in [1.807, 2.05) is 13.8 Å². The largest absolute Gasteiger partial charge is 0.493 e. The molecule has 0 atom stereocenters. The summed E-state index contributed by atoms with van der Waals surface area (Å²) in [6.07, 6.45) is 1.34. The molecule has 10 heteroatoms. The van der Waals surface area contributed by atoms with Gasteiger partial charge < -0.3 is 20.5 Å². The maximum absolute atomic E-state index is 12.7. The monoisotopic (exact) mass is 482 g/mol. The van der Waals surface area contributed by atoms with Crippen molar-refractivity contribution in [1.29, 1.82) is 0 Å². The zero-order valence-electron chi connectivity index (χ0n) is 18.1. The highest BCUT2D eigenvalue weighted by atomic mass is 32.2. The van der Waals surface area contributed by atoms with Gasteiger partial charge in [-0.25, -0.2) is 0 Å². The Morgan fingerprint density at radius 3 is 2.27 bits per heavy atom. The molecular weight excluding hydrogens is 457 g/mol. The summed E-state index contributed by atoms with van der Waals surface area (Å²) in [5.41, 5.74) is -3.83. The third-order valence-electron chi connectivity index (χ3n) is 4.01. The summed E-state index contributed by atoms with van der Waals surface area (Å²) < 4.78 is 43.1. The van der Waals surface area contributed by atoms with Crippen LogP contribution in [0.25, 0.3) is 6.08 Å². The lowest BCUT2D eigenvalue weighted by Crippen LogP contribution is -2.36. The molecule has 2 aromatic carbocycles. The van der Waals surface area contributed by atoms with Crippen LogP contribution in [0.3, 0.4) is 0 Å². The summed E-state index contributed by atoms with van der Waals surface area (Å²) in [5, 5.41) is 13.9. The Hall–Kier alpha value is -2.98. The third kappa shape index (κ3) is 9.58. The molecule has 0 saturated heterocycles. The Labute approximate surface area is 194 Å². The van der Waals surface area contributed by atoms with Crippen molar-refractivity contribution in [2.45, 2.75) is 24.3 Å². The number of aliphatic hydroxyl groups excluding tert-OH is 1. The van der Waals surface area contributed by atoms with E-state index in [-0.39, 0.29) is 41.1 Å². The summed E-state index contributed by atoms with van der Waals surface area (Å²) in [6.45, 7) is 4.23. The van der Waals surface area contributed by atoms with Crippen molar-refractivity contribution in [3.8, 4) is 5.75 Å². The molecule has 0 bridgehead atoms. The first-order valence-electron chi connectivity index (χ1n) is 10.1. The van der Waals surface area contributed by atoms with Gasteiger partial charge in [0.2, 0.25) is 0 Å². The van der Waals surface area contributed by atoms with Crippen LogP contribution in [-0.4, -0.2) is 42.2 Å². The minimum Gasteiger partial charge on any atom is -0.493 e. The van der Waals surface area contributed by atoms with Gasteiger partial charge in [0, 0.05) is 17.0 Å². The van der Waals surface area contributed by atoms with Gasteiger partial charge in [-0.1, -0.05) is 26.0 Å². The van der Waals surface area contributed by atoms with Gasteiger partial charge >= 0.3 is 5.51 Å². The van der Waals surface area contributed by atoms with Crippen LogP contribution in [0.1, 0.15) is 29.8 Å². The van der Waals surface area contributed by atoms with E-state index in [2.05, 4.69) is 10.6 Å². The first-order valence-corrected chi connectivity index (χ1v) is 10.9. The second-order valence-electron chi connectivity index (χ2n) is 7.34. The van der Waals surface area contributed by atoms with E-state index in [4.69, 9.17) is 9.84 Å². The van der Waals surface area contributed by atoms with Crippen molar-refractivity contribution < 1.29 is 32.6 Å². The lowest BCUT2D eigenvalue weighted by atomic mass is 10.1. The summed E-state index contributed by atoms with van der Waals surface area (Å²) in [4.78, 5) is 25.1. The Kier molecular flexibility index (Phi) is 9.80. The molecule has 2 aromatic rings. The number of carbonyl (C=O) groups is 2. The highest BCUT2D eigenvalue weighted by Gasteiger charge is 2.29. The molecule has 0 aliphatic heterocycles. The van der Waals surface area contributed by atoms with Crippen LogP contribution in [0, 0.1) is 5.92 Å². The number of thioether (sulfide) groups is 1. The Balaban J connectivity index is 2.18. The van der Waals surface area contributed by atoms with Gasteiger partial charge in [0.15, 0.2) is 0 Å². The van der Waals surface area contributed by atoms with Crippen molar-refractivity contribution in [3.05, 3.63) is 65.4 Å². The summed E-state index contributed by atoms with van der Waals surface area (Å²) in [5.74, 6) is -0.254. The predicted molar refractivity (Wildman–Crippen MR) is 121 cm³/mol. The van der Waals surface area contributed by atoms with Crippen LogP contribution >= 0.6 is 11.8 Å². The lowest BCUT2D eigenvalue weighted by molar-refractivity contribution is -0.117. The molecule has 0 aliphatic rings. The van der Waals surface area contributed by atoms with Gasteiger partial charge in [-0.15, -0.1) is 0 Å². The number of amides is 2. The molecule has 0 heterocycles. The first kappa shape index (κ1) is 26.3. The van der Waals surface area contributed by atoms with Crippen molar-refractivity contribution >= 4 is 29.7 Å². The average molecular weight is 483 g/mol. The van der Waals surface area contributed by atoms with E-state index in [9.17, 15) is 22.8 Å². The molecule has 0 spiro atoms. The smallest absolute Gasteiger partial charge is 0.446 e. The fourth-order valence-corrected chi connectivity index (χ4v) is 3.05. The van der Waals surface area contributed by atoms with Gasteiger partial charge in [0.05, 0.1) is 13.2 Å².